The monoisotopic (exact) mass is 515 g/mol. The van der Waals surface area contributed by atoms with E-state index in [4.69, 9.17) is 29.9 Å². The molecule has 3 aromatic carbocycles. The van der Waals surface area contributed by atoms with E-state index in [9.17, 15) is 4.79 Å². The van der Waals surface area contributed by atoms with Crippen molar-refractivity contribution in [1.82, 2.24) is 5.48 Å². The molecule has 0 radical (unpaired) electrons. The van der Waals surface area contributed by atoms with Crippen LogP contribution in [-0.4, -0.2) is 42.8 Å². The summed E-state index contributed by atoms with van der Waals surface area (Å²) >= 11 is 0. The highest BCUT2D eigenvalue weighted by molar-refractivity contribution is 6.01. The lowest BCUT2D eigenvalue weighted by molar-refractivity contribution is -0.139. The predicted octanol–water partition coefficient (Wildman–Crippen LogP) is 4.44. The Labute approximate surface area is 220 Å². The molecule has 0 spiro atoms. The predicted molar refractivity (Wildman–Crippen MR) is 141 cm³/mol. The third kappa shape index (κ3) is 5.95. The number of hydrogen-bond donors (Lipinski definition) is 2. The molecule has 10 heteroatoms. The molecule has 0 saturated heterocycles. The number of azide groups is 1. The molecule has 1 aliphatic heterocycles. The fourth-order valence-electron chi connectivity index (χ4n) is 4.39. The minimum absolute atomic E-state index is 0.0539. The second-order valence-electron chi connectivity index (χ2n) is 8.67. The molecule has 0 aromatic heterocycles. The summed E-state index contributed by atoms with van der Waals surface area (Å²) in [6.45, 7) is 0.544. The van der Waals surface area contributed by atoms with Crippen LogP contribution in [0.25, 0.3) is 10.4 Å². The number of hydrogen-bond acceptors (Lipinski definition) is 7. The molecular weight excluding hydrogens is 486 g/mol. The molecule has 1 heterocycles. The zero-order valence-electron chi connectivity index (χ0n) is 21.0. The van der Waals surface area contributed by atoms with Gasteiger partial charge in [0.05, 0.1) is 20.3 Å². The summed E-state index contributed by atoms with van der Waals surface area (Å²) in [5.74, 6) is 0.466. The molecule has 10 nitrogen and oxygen atoms in total. The molecule has 196 valence electrons. The minimum atomic E-state index is -1.42. The van der Waals surface area contributed by atoms with Crippen LogP contribution in [0.5, 0.6) is 5.75 Å². The molecule has 0 aliphatic carbocycles. The Hall–Kier alpha value is -4.37. The van der Waals surface area contributed by atoms with E-state index in [2.05, 4.69) is 15.5 Å². The number of carbonyl (C=O) groups is 1. The summed E-state index contributed by atoms with van der Waals surface area (Å²) in [6.07, 6.45) is -0.0704. The highest BCUT2D eigenvalue weighted by atomic mass is 16.6. The van der Waals surface area contributed by atoms with Gasteiger partial charge in [-0.1, -0.05) is 59.7 Å². The number of rotatable bonds is 12. The van der Waals surface area contributed by atoms with Gasteiger partial charge >= 0.3 is 0 Å². The fourth-order valence-corrected chi connectivity index (χ4v) is 4.39. The first-order chi connectivity index (χ1) is 18.6. The lowest BCUT2D eigenvalue weighted by Crippen LogP contribution is -2.49. The number of aliphatic hydroxyl groups is 1. The Balaban J connectivity index is 1.80. The van der Waals surface area contributed by atoms with Gasteiger partial charge in [-0.15, -0.1) is 0 Å². The minimum Gasteiger partial charge on any atom is -0.494 e. The zero-order valence-corrected chi connectivity index (χ0v) is 21.0. The first kappa shape index (κ1) is 26.7. The summed E-state index contributed by atoms with van der Waals surface area (Å²) in [6, 6.07) is 24.1. The highest BCUT2D eigenvalue weighted by Gasteiger charge is 2.54. The van der Waals surface area contributed by atoms with Crippen molar-refractivity contribution in [3.8, 4) is 5.75 Å². The molecule has 2 atom stereocenters. The first-order valence-electron chi connectivity index (χ1n) is 12.2. The number of nitrogens with zero attached hydrogens (tertiary/aromatic N) is 4. The van der Waals surface area contributed by atoms with Crippen LogP contribution < -0.4 is 10.2 Å². The first-order valence-corrected chi connectivity index (χ1v) is 12.2. The number of hydroxylamine groups is 1. The van der Waals surface area contributed by atoms with E-state index in [-0.39, 0.29) is 25.5 Å². The summed E-state index contributed by atoms with van der Waals surface area (Å²) in [5.41, 5.74) is 12.9. The van der Waals surface area contributed by atoms with E-state index in [0.29, 0.717) is 29.9 Å². The lowest BCUT2D eigenvalue weighted by Gasteiger charge is -2.31. The van der Waals surface area contributed by atoms with E-state index in [0.717, 1.165) is 11.1 Å². The second kappa shape index (κ2) is 12.7. The van der Waals surface area contributed by atoms with Gasteiger partial charge < -0.3 is 14.6 Å². The largest absolute Gasteiger partial charge is 0.494 e. The van der Waals surface area contributed by atoms with E-state index in [1.165, 1.54) is 7.11 Å². The Morgan fingerprint density at radius 3 is 2.58 bits per heavy atom. The quantitative estimate of drug-likeness (QED) is 0.121. The topological polar surface area (TPSA) is 138 Å². The summed E-state index contributed by atoms with van der Waals surface area (Å²) in [7, 11) is 1.37. The van der Waals surface area contributed by atoms with Crippen molar-refractivity contribution in [2.75, 3.05) is 20.3 Å². The Morgan fingerprint density at radius 2 is 1.87 bits per heavy atom. The molecule has 4 rings (SSSR count). The molecule has 0 unspecified atom stereocenters. The molecule has 0 bridgehead atoms. The maximum Gasteiger partial charge on any atom is 0.276 e. The van der Waals surface area contributed by atoms with Gasteiger partial charge in [0.1, 0.15) is 5.75 Å². The van der Waals surface area contributed by atoms with Crippen LogP contribution in [-0.2, 0) is 27.3 Å². The van der Waals surface area contributed by atoms with Crippen molar-refractivity contribution in [1.29, 1.82) is 0 Å². The highest BCUT2D eigenvalue weighted by Crippen LogP contribution is 2.43. The van der Waals surface area contributed by atoms with Crippen molar-refractivity contribution in [3.05, 3.63) is 112 Å². The number of aliphatic hydroxyl groups excluding tert-OH is 1. The maximum atomic E-state index is 13.7. The van der Waals surface area contributed by atoms with Crippen molar-refractivity contribution in [2.24, 2.45) is 10.1 Å². The summed E-state index contributed by atoms with van der Waals surface area (Å²) < 4.78 is 12.1. The van der Waals surface area contributed by atoms with Crippen LogP contribution in [0, 0.1) is 0 Å². The van der Waals surface area contributed by atoms with E-state index in [1.54, 1.807) is 12.1 Å². The van der Waals surface area contributed by atoms with Gasteiger partial charge in [-0.3, -0.25) is 9.63 Å². The number of carbonyl (C=O) groups excluding carboxylic acids is 1. The third-order valence-electron chi connectivity index (χ3n) is 6.18. The molecule has 0 saturated carbocycles. The van der Waals surface area contributed by atoms with Crippen molar-refractivity contribution >= 4 is 11.8 Å². The van der Waals surface area contributed by atoms with Gasteiger partial charge in [-0.05, 0) is 46.5 Å². The molecule has 38 heavy (non-hydrogen) atoms. The van der Waals surface area contributed by atoms with Gasteiger partial charge in [-0.2, -0.15) is 0 Å². The van der Waals surface area contributed by atoms with Gasteiger partial charge in [0, 0.05) is 29.9 Å². The molecule has 0 fully saturated rings. The normalized spacial score (nSPS) is 18.2. The molecule has 2 N–H and O–H groups in total. The van der Waals surface area contributed by atoms with Gasteiger partial charge in [0.25, 0.3) is 5.91 Å². The van der Waals surface area contributed by atoms with Crippen LogP contribution >= 0.6 is 0 Å². The number of aliphatic imine (C=N–C) groups is 1. The molecular formula is C28H29N5O5. The number of ether oxygens (including phenoxy) is 2. The lowest BCUT2D eigenvalue weighted by atomic mass is 9.81. The van der Waals surface area contributed by atoms with Gasteiger partial charge in [-0.25, -0.2) is 10.5 Å². The Bertz CT molecular complexity index is 1310. The van der Waals surface area contributed by atoms with Crippen LogP contribution in [0.1, 0.15) is 34.8 Å². The molecule has 1 aliphatic rings. The number of benzene rings is 3. The Kier molecular flexibility index (Phi) is 8.94. The van der Waals surface area contributed by atoms with Crippen molar-refractivity contribution in [2.45, 2.75) is 31.0 Å². The molecule has 3 aromatic rings. The summed E-state index contributed by atoms with van der Waals surface area (Å²) in [4.78, 5) is 26.6. The van der Waals surface area contributed by atoms with Gasteiger partial charge in [0.2, 0.25) is 5.90 Å². The van der Waals surface area contributed by atoms with Crippen LogP contribution in [0.3, 0.4) is 0 Å². The van der Waals surface area contributed by atoms with Crippen LogP contribution in [0.2, 0.25) is 0 Å². The van der Waals surface area contributed by atoms with E-state index in [1.807, 2.05) is 66.7 Å². The third-order valence-corrected chi connectivity index (χ3v) is 6.18. The average molecular weight is 516 g/mol. The van der Waals surface area contributed by atoms with Crippen molar-refractivity contribution < 1.29 is 24.2 Å². The van der Waals surface area contributed by atoms with Gasteiger partial charge in [0.15, 0.2) is 11.6 Å². The summed E-state index contributed by atoms with van der Waals surface area (Å²) in [5, 5.41) is 12.7. The number of nitrogens with one attached hydrogen (secondary N) is 1. The smallest absolute Gasteiger partial charge is 0.276 e. The average Bonchev–Trinajstić information content (AvgIpc) is 3.33. The van der Waals surface area contributed by atoms with Crippen LogP contribution in [0.4, 0.5) is 0 Å². The second-order valence-corrected chi connectivity index (χ2v) is 8.67. The Morgan fingerprint density at radius 1 is 1.13 bits per heavy atom. The zero-order chi connectivity index (χ0) is 26.8. The molecule has 1 amide bonds. The SMILES string of the molecule is CONC(=O)[C@@]1(Cc2ccccc2)N=C(c2ccc(OCCCO)cc2)O[C@H]1c1ccccc1CN=[N+]=[N-]. The standard InChI is InChI=1S/C28H29N5O5/c1-36-32-27(35)28(18-20-8-3-2-4-9-20)25(24-11-6-5-10-22(24)19-30-33-29)38-26(31-28)21-12-14-23(15-13-21)37-17-7-16-34/h2-6,8-15,25,34H,7,16-19H2,1H3,(H,32,35)/t25-,28-/m0/s1. The van der Waals surface area contributed by atoms with E-state index < -0.39 is 17.6 Å². The van der Waals surface area contributed by atoms with E-state index >= 15 is 0 Å². The fraction of sp³-hybridized carbons (Fsp3) is 0.286. The van der Waals surface area contributed by atoms with Crippen molar-refractivity contribution in [3.63, 3.8) is 0 Å². The number of amides is 1. The maximum absolute atomic E-state index is 13.7. The van der Waals surface area contributed by atoms with Crippen LogP contribution in [0.15, 0.2) is 89.0 Å².